The number of hydrogen-bond acceptors (Lipinski definition) is 5. The SMILES string of the molecule is CC(C)(C)COCCCOc1ccc(C2C=NC(NC(C)(C)C)=CN2)cc1. The molecule has 5 heteroatoms. The summed E-state index contributed by atoms with van der Waals surface area (Å²) in [6.45, 7) is 15.0. The highest BCUT2D eigenvalue weighted by Gasteiger charge is 2.15. The van der Waals surface area contributed by atoms with Crippen molar-refractivity contribution in [3.63, 3.8) is 0 Å². The molecule has 1 heterocycles. The molecule has 0 aromatic heterocycles. The summed E-state index contributed by atoms with van der Waals surface area (Å²) in [7, 11) is 0. The largest absolute Gasteiger partial charge is 0.494 e. The molecule has 0 saturated heterocycles. The second-order valence-electron chi connectivity index (χ2n) is 9.21. The highest BCUT2D eigenvalue weighted by atomic mass is 16.5. The number of nitrogens with zero attached hydrogens (tertiary/aromatic N) is 1. The van der Waals surface area contributed by atoms with E-state index >= 15 is 0 Å². The van der Waals surface area contributed by atoms with E-state index in [0.29, 0.717) is 6.61 Å². The fourth-order valence-electron chi connectivity index (χ4n) is 2.54. The summed E-state index contributed by atoms with van der Waals surface area (Å²) >= 11 is 0. The summed E-state index contributed by atoms with van der Waals surface area (Å²) in [5, 5.41) is 6.73. The number of hydrogen-bond donors (Lipinski definition) is 2. The van der Waals surface area contributed by atoms with Crippen LogP contribution >= 0.6 is 0 Å². The molecule has 0 aliphatic carbocycles. The van der Waals surface area contributed by atoms with Crippen molar-refractivity contribution in [1.82, 2.24) is 10.6 Å². The summed E-state index contributed by atoms with van der Waals surface area (Å²) in [6.07, 6.45) is 4.75. The quantitative estimate of drug-likeness (QED) is 0.662. The van der Waals surface area contributed by atoms with Crippen molar-refractivity contribution < 1.29 is 9.47 Å². The summed E-state index contributed by atoms with van der Waals surface area (Å²) in [6, 6.07) is 8.24. The van der Waals surface area contributed by atoms with Crippen LogP contribution in [0, 0.1) is 5.41 Å². The van der Waals surface area contributed by atoms with Crippen LogP contribution in [0.3, 0.4) is 0 Å². The molecule has 1 atom stereocenters. The van der Waals surface area contributed by atoms with Gasteiger partial charge in [-0.2, -0.15) is 0 Å². The number of benzene rings is 1. The van der Waals surface area contributed by atoms with Crippen LogP contribution in [0.1, 0.15) is 59.6 Å². The Morgan fingerprint density at radius 2 is 1.74 bits per heavy atom. The standard InChI is InChI=1S/C22H35N3O2/c1-21(2,3)16-26-12-7-13-27-18-10-8-17(9-11-18)19-14-24-20(15-23-19)25-22(4,5)6/h8-11,14-15,19,23,25H,7,12-13,16H2,1-6H3. The number of rotatable bonds is 8. The van der Waals surface area contributed by atoms with Crippen molar-refractivity contribution >= 4 is 6.21 Å². The average Bonchev–Trinajstić information content (AvgIpc) is 2.57. The van der Waals surface area contributed by atoms with Gasteiger partial charge in [0.1, 0.15) is 11.6 Å². The molecule has 0 radical (unpaired) electrons. The molecular formula is C22H35N3O2. The third-order valence-electron chi connectivity index (χ3n) is 3.74. The second-order valence-corrected chi connectivity index (χ2v) is 9.21. The molecule has 1 aromatic carbocycles. The first kappa shape index (κ1) is 21.3. The van der Waals surface area contributed by atoms with Crippen LogP contribution in [0.2, 0.25) is 0 Å². The predicted molar refractivity (Wildman–Crippen MR) is 112 cm³/mol. The van der Waals surface area contributed by atoms with Crippen LogP contribution in [0.25, 0.3) is 0 Å². The van der Waals surface area contributed by atoms with Gasteiger partial charge in [0.2, 0.25) is 0 Å². The van der Waals surface area contributed by atoms with Gasteiger partial charge in [0.25, 0.3) is 0 Å². The maximum atomic E-state index is 5.80. The first-order valence-electron chi connectivity index (χ1n) is 9.71. The molecule has 5 nitrogen and oxygen atoms in total. The molecule has 0 bridgehead atoms. The zero-order chi connectivity index (χ0) is 19.9. The zero-order valence-corrected chi connectivity index (χ0v) is 17.6. The van der Waals surface area contributed by atoms with Gasteiger partial charge in [0.15, 0.2) is 0 Å². The van der Waals surface area contributed by atoms with Crippen LogP contribution in [0.5, 0.6) is 5.75 Å². The van der Waals surface area contributed by atoms with E-state index in [4.69, 9.17) is 9.47 Å². The van der Waals surface area contributed by atoms with Crippen molar-refractivity contribution in [3.05, 3.63) is 41.8 Å². The molecule has 1 unspecified atom stereocenters. The van der Waals surface area contributed by atoms with Crippen molar-refractivity contribution in [2.45, 2.75) is 59.5 Å². The molecule has 0 fully saturated rings. The summed E-state index contributed by atoms with van der Waals surface area (Å²) in [5.74, 6) is 1.74. The smallest absolute Gasteiger partial charge is 0.141 e. The van der Waals surface area contributed by atoms with E-state index in [1.54, 1.807) is 0 Å². The second kappa shape index (κ2) is 9.27. The highest BCUT2D eigenvalue weighted by molar-refractivity contribution is 5.70. The third-order valence-corrected chi connectivity index (χ3v) is 3.74. The lowest BCUT2D eigenvalue weighted by Gasteiger charge is -2.25. The maximum absolute atomic E-state index is 5.80. The van der Waals surface area contributed by atoms with Crippen LogP contribution in [0.4, 0.5) is 0 Å². The van der Waals surface area contributed by atoms with Gasteiger partial charge in [-0.25, -0.2) is 4.99 Å². The first-order chi connectivity index (χ1) is 12.6. The third kappa shape index (κ3) is 8.48. The van der Waals surface area contributed by atoms with E-state index in [0.717, 1.165) is 36.8 Å². The molecule has 150 valence electrons. The van der Waals surface area contributed by atoms with E-state index in [-0.39, 0.29) is 17.0 Å². The molecule has 1 aliphatic heterocycles. The first-order valence-corrected chi connectivity index (χ1v) is 9.71. The van der Waals surface area contributed by atoms with Crippen LogP contribution < -0.4 is 15.4 Å². The van der Waals surface area contributed by atoms with Crippen molar-refractivity contribution in [3.8, 4) is 5.75 Å². The minimum absolute atomic E-state index is 0.00549. The van der Waals surface area contributed by atoms with E-state index in [2.05, 4.69) is 69.3 Å². The Bertz CT molecular complexity index is 637. The molecule has 1 aliphatic rings. The van der Waals surface area contributed by atoms with Crippen LogP contribution in [-0.2, 0) is 4.74 Å². The molecule has 2 N–H and O–H groups in total. The Morgan fingerprint density at radius 3 is 2.30 bits per heavy atom. The van der Waals surface area contributed by atoms with Crippen LogP contribution in [-0.4, -0.2) is 31.6 Å². The Kier molecular flexibility index (Phi) is 7.31. The fourth-order valence-corrected chi connectivity index (χ4v) is 2.54. The predicted octanol–water partition coefficient (Wildman–Crippen LogP) is 4.42. The molecule has 0 saturated carbocycles. The van der Waals surface area contributed by atoms with Crippen LogP contribution in [0.15, 0.2) is 41.3 Å². The number of aliphatic imine (C=N–C) groups is 1. The minimum atomic E-state index is -0.00549. The lowest BCUT2D eigenvalue weighted by atomic mass is 9.99. The molecule has 27 heavy (non-hydrogen) atoms. The van der Waals surface area contributed by atoms with Gasteiger partial charge in [-0.15, -0.1) is 0 Å². The Balaban J connectivity index is 1.72. The molecule has 1 aromatic rings. The molecule has 0 spiro atoms. The zero-order valence-electron chi connectivity index (χ0n) is 17.6. The Morgan fingerprint density at radius 1 is 1.04 bits per heavy atom. The van der Waals surface area contributed by atoms with Gasteiger partial charge < -0.3 is 20.1 Å². The van der Waals surface area contributed by atoms with Gasteiger partial charge in [-0.1, -0.05) is 32.9 Å². The fraction of sp³-hybridized carbons (Fsp3) is 0.591. The molecule has 2 rings (SSSR count). The summed E-state index contributed by atoms with van der Waals surface area (Å²) in [4.78, 5) is 4.51. The normalized spacial score (nSPS) is 17.3. The van der Waals surface area contributed by atoms with E-state index in [1.165, 1.54) is 0 Å². The average molecular weight is 374 g/mol. The van der Waals surface area contributed by atoms with Gasteiger partial charge in [-0.3, -0.25) is 0 Å². The van der Waals surface area contributed by atoms with E-state index in [1.807, 2.05) is 24.5 Å². The number of ether oxygens (including phenoxy) is 2. The monoisotopic (exact) mass is 373 g/mol. The number of nitrogens with one attached hydrogen (secondary N) is 2. The lowest BCUT2D eigenvalue weighted by molar-refractivity contribution is 0.0634. The minimum Gasteiger partial charge on any atom is -0.494 e. The van der Waals surface area contributed by atoms with Crippen molar-refractivity contribution in [1.29, 1.82) is 0 Å². The Hall–Kier alpha value is -2.01. The molecular weight excluding hydrogens is 338 g/mol. The van der Waals surface area contributed by atoms with Gasteiger partial charge in [0, 0.05) is 31.0 Å². The Labute approximate surface area is 164 Å². The van der Waals surface area contributed by atoms with Gasteiger partial charge >= 0.3 is 0 Å². The topological polar surface area (TPSA) is 54.9 Å². The lowest BCUT2D eigenvalue weighted by Crippen LogP contribution is -2.36. The maximum Gasteiger partial charge on any atom is 0.141 e. The summed E-state index contributed by atoms with van der Waals surface area (Å²) < 4.78 is 11.5. The van der Waals surface area contributed by atoms with Gasteiger partial charge in [0.05, 0.1) is 19.3 Å². The van der Waals surface area contributed by atoms with E-state index in [9.17, 15) is 0 Å². The molecule has 0 amide bonds. The highest BCUT2D eigenvalue weighted by Crippen LogP contribution is 2.20. The van der Waals surface area contributed by atoms with Gasteiger partial charge in [-0.05, 0) is 43.9 Å². The van der Waals surface area contributed by atoms with Crippen molar-refractivity contribution in [2.75, 3.05) is 19.8 Å². The van der Waals surface area contributed by atoms with Crippen molar-refractivity contribution in [2.24, 2.45) is 10.4 Å². The summed E-state index contributed by atoms with van der Waals surface area (Å²) in [5.41, 5.74) is 1.37. The van der Waals surface area contributed by atoms with E-state index < -0.39 is 0 Å².